The van der Waals surface area contributed by atoms with Crippen LogP contribution in [-0.4, -0.2) is 52.5 Å². The third kappa shape index (κ3) is 3.46. The number of carbonyl (C=O) groups is 2. The van der Waals surface area contributed by atoms with E-state index in [9.17, 15) is 14.7 Å². The number of likely N-dealkylation sites (N-methyl/N-ethyl adjacent to an activating group) is 1. The molecule has 2 aliphatic heterocycles. The van der Waals surface area contributed by atoms with Crippen LogP contribution in [0.5, 0.6) is 0 Å². The van der Waals surface area contributed by atoms with Crippen molar-refractivity contribution in [2.75, 3.05) is 13.6 Å². The Morgan fingerprint density at radius 3 is 2.96 bits per heavy atom. The predicted octanol–water partition coefficient (Wildman–Crippen LogP) is 3.21. The van der Waals surface area contributed by atoms with Crippen LogP contribution in [0.4, 0.5) is 0 Å². The lowest BCUT2D eigenvalue weighted by molar-refractivity contribution is -0.136. The molecule has 1 unspecified atom stereocenters. The number of amides is 1. The number of aliphatic carboxylic acids is 1. The first-order valence-corrected chi connectivity index (χ1v) is 10.3. The summed E-state index contributed by atoms with van der Waals surface area (Å²) in [7, 11) is 1.90. The Morgan fingerprint density at radius 2 is 2.22 bits per heavy atom. The highest BCUT2D eigenvalue weighted by atomic mass is 32.1. The molecule has 27 heavy (non-hydrogen) atoms. The molecular formula is C21H24N2O3S. The van der Waals surface area contributed by atoms with Gasteiger partial charge < -0.3 is 14.9 Å². The number of piperidine rings is 1. The molecule has 0 spiro atoms. The van der Waals surface area contributed by atoms with Gasteiger partial charge in [-0.25, -0.2) is 0 Å². The lowest BCUT2D eigenvalue weighted by Crippen LogP contribution is -2.49. The van der Waals surface area contributed by atoms with Gasteiger partial charge in [0, 0.05) is 25.3 Å². The molecule has 142 valence electrons. The molecule has 0 bridgehead atoms. The number of carboxylic acid groups (broad SMARTS) is 1. The Morgan fingerprint density at radius 1 is 1.37 bits per heavy atom. The minimum atomic E-state index is -0.779. The van der Waals surface area contributed by atoms with E-state index in [0.29, 0.717) is 6.42 Å². The van der Waals surface area contributed by atoms with Crippen molar-refractivity contribution in [1.82, 2.24) is 9.80 Å². The number of hydrogen-bond donors (Lipinski definition) is 1. The first-order valence-electron chi connectivity index (χ1n) is 9.39. The van der Waals surface area contributed by atoms with Gasteiger partial charge in [-0.1, -0.05) is 18.2 Å². The smallest absolute Gasteiger partial charge is 0.307 e. The van der Waals surface area contributed by atoms with Crippen LogP contribution in [0.2, 0.25) is 0 Å². The number of hydrogen-bond acceptors (Lipinski definition) is 4. The van der Waals surface area contributed by atoms with Gasteiger partial charge in [0.1, 0.15) is 0 Å². The van der Waals surface area contributed by atoms with Gasteiger partial charge in [-0.2, -0.15) is 11.3 Å². The molecule has 2 atom stereocenters. The minimum absolute atomic E-state index is 0.0829. The van der Waals surface area contributed by atoms with Crippen molar-refractivity contribution >= 4 is 23.2 Å². The molecule has 1 N–H and O–H groups in total. The summed E-state index contributed by atoms with van der Waals surface area (Å²) in [5, 5.41) is 13.4. The van der Waals surface area contributed by atoms with E-state index < -0.39 is 5.97 Å². The van der Waals surface area contributed by atoms with Crippen molar-refractivity contribution in [2.45, 2.75) is 44.2 Å². The van der Waals surface area contributed by atoms with Crippen molar-refractivity contribution in [3.63, 3.8) is 0 Å². The predicted molar refractivity (Wildman–Crippen MR) is 105 cm³/mol. The zero-order valence-electron chi connectivity index (χ0n) is 15.4. The van der Waals surface area contributed by atoms with Crippen molar-refractivity contribution in [3.05, 3.63) is 57.5 Å². The largest absolute Gasteiger partial charge is 0.481 e. The van der Waals surface area contributed by atoms with Crippen LogP contribution in [0.15, 0.2) is 51.9 Å². The maximum Gasteiger partial charge on any atom is 0.307 e. The molecule has 0 saturated carbocycles. The summed E-state index contributed by atoms with van der Waals surface area (Å²) in [4.78, 5) is 28.3. The Kier molecular flexibility index (Phi) is 4.91. The van der Waals surface area contributed by atoms with Gasteiger partial charge in [-0.05, 0) is 52.8 Å². The van der Waals surface area contributed by atoms with E-state index in [1.807, 2.05) is 34.9 Å². The van der Waals surface area contributed by atoms with E-state index in [4.69, 9.17) is 0 Å². The van der Waals surface area contributed by atoms with Crippen LogP contribution in [0.3, 0.4) is 0 Å². The molecule has 5 nitrogen and oxygen atoms in total. The molecule has 0 aromatic carbocycles. The van der Waals surface area contributed by atoms with E-state index in [0.717, 1.165) is 42.5 Å². The average Bonchev–Trinajstić information content (AvgIpc) is 3.27. The van der Waals surface area contributed by atoms with Crippen molar-refractivity contribution in [2.24, 2.45) is 0 Å². The summed E-state index contributed by atoms with van der Waals surface area (Å²) < 4.78 is 0. The minimum Gasteiger partial charge on any atom is -0.481 e. The fraction of sp³-hybridized carbons (Fsp3) is 0.429. The fourth-order valence-electron chi connectivity index (χ4n) is 4.46. The highest BCUT2D eigenvalue weighted by Crippen LogP contribution is 2.43. The van der Waals surface area contributed by atoms with E-state index in [1.165, 1.54) is 5.70 Å². The molecule has 1 aromatic heterocycles. The van der Waals surface area contributed by atoms with Gasteiger partial charge in [0.25, 0.3) is 0 Å². The third-order valence-electron chi connectivity index (χ3n) is 5.88. The van der Waals surface area contributed by atoms with Gasteiger partial charge in [0.2, 0.25) is 5.91 Å². The van der Waals surface area contributed by atoms with Gasteiger partial charge in [-0.3, -0.25) is 9.59 Å². The van der Waals surface area contributed by atoms with Crippen LogP contribution in [0.1, 0.15) is 31.2 Å². The molecule has 1 saturated heterocycles. The summed E-state index contributed by atoms with van der Waals surface area (Å²) in [6, 6.07) is 2.39. The van der Waals surface area contributed by atoms with Crippen LogP contribution >= 0.6 is 11.3 Å². The maximum atomic E-state index is 12.7. The zero-order valence-corrected chi connectivity index (χ0v) is 16.2. The SMILES string of the molecule is CN(C(=O)Cc1ccsc1)[C@@H]1CCC2=C(CC(=O)O)C3=CC=CCC3N2C1. The monoisotopic (exact) mass is 384 g/mol. The molecule has 4 rings (SSSR count). The van der Waals surface area contributed by atoms with Gasteiger partial charge in [-0.15, -0.1) is 0 Å². The summed E-state index contributed by atoms with van der Waals surface area (Å²) in [6.07, 6.45) is 9.38. The first-order chi connectivity index (χ1) is 13.0. The van der Waals surface area contributed by atoms with E-state index >= 15 is 0 Å². The number of thiophene rings is 1. The van der Waals surface area contributed by atoms with Gasteiger partial charge in [0.05, 0.1) is 18.9 Å². The molecule has 1 aromatic rings. The summed E-state index contributed by atoms with van der Waals surface area (Å²) in [5.41, 5.74) is 4.39. The van der Waals surface area contributed by atoms with Crippen molar-refractivity contribution in [1.29, 1.82) is 0 Å². The molecule has 3 heterocycles. The van der Waals surface area contributed by atoms with E-state index in [-0.39, 0.29) is 24.4 Å². The molecule has 0 radical (unpaired) electrons. The van der Waals surface area contributed by atoms with Crippen LogP contribution in [0, 0.1) is 0 Å². The first kappa shape index (κ1) is 18.0. The molecule has 3 aliphatic rings. The molecule has 1 amide bonds. The maximum absolute atomic E-state index is 12.7. The fourth-order valence-corrected chi connectivity index (χ4v) is 5.13. The number of nitrogens with zero attached hydrogens (tertiary/aromatic N) is 2. The van der Waals surface area contributed by atoms with Gasteiger partial charge >= 0.3 is 5.97 Å². The Balaban J connectivity index is 1.51. The van der Waals surface area contributed by atoms with E-state index in [1.54, 1.807) is 11.3 Å². The second-order valence-corrected chi connectivity index (χ2v) is 8.24. The molecule has 6 heteroatoms. The Labute approximate surface area is 163 Å². The standard InChI is InChI=1S/C21H24N2O3S/c1-22(20(24)10-14-8-9-27-13-14)15-6-7-19-17(11-21(25)26)16-4-2-3-5-18(16)23(19)12-15/h2-4,8-9,13,15,18H,5-7,10-12H2,1H3,(H,25,26)/t15-,18?/m1/s1. The molecule has 1 fully saturated rings. The summed E-state index contributed by atoms with van der Waals surface area (Å²) in [6.45, 7) is 0.778. The van der Waals surface area contributed by atoms with Crippen LogP contribution < -0.4 is 0 Å². The van der Waals surface area contributed by atoms with Crippen LogP contribution in [-0.2, 0) is 16.0 Å². The lowest BCUT2D eigenvalue weighted by Gasteiger charge is -2.41. The number of rotatable bonds is 5. The highest BCUT2D eigenvalue weighted by Gasteiger charge is 2.41. The molecular weight excluding hydrogens is 360 g/mol. The highest BCUT2D eigenvalue weighted by molar-refractivity contribution is 7.08. The number of carbonyl (C=O) groups excluding carboxylic acids is 1. The second kappa shape index (κ2) is 7.35. The normalized spacial score (nSPS) is 23.7. The second-order valence-electron chi connectivity index (χ2n) is 7.46. The van der Waals surface area contributed by atoms with Crippen molar-refractivity contribution in [3.8, 4) is 0 Å². The topological polar surface area (TPSA) is 60.9 Å². The Bertz CT molecular complexity index is 838. The number of carboxylic acids is 1. The summed E-state index contributed by atoms with van der Waals surface area (Å²) in [5.74, 6) is -0.631. The molecule has 1 aliphatic carbocycles. The van der Waals surface area contributed by atoms with Crippen LogP contribution in [0.25, 0.3) is 0 Å². The summed E-state index contributed by atoms with van der Waals surface area (Å²) >= 11 is 1.61. The quantitative estimate of drug-likeness (QED) is 0.847. The zero-order chi connectivity index (χ0) is 19.0. The number of allylic oxidation sites excluding steroid dienone is 3. The average molecular weight is 385 g/mol. The third-order valence-corrected chi connectivity index (χ3v) is 6.61. The van der Waals surface area contributed by atoms with Crippen molar-refractivity contribution < 1.29 is 14.7 Å². The lowest BCUT2D eigenvalue weighted by atomic mass is 9.93. The Hall–Kier alpha value is -2.34. The number of fused-ring (bicyclic) bond motifs is 3. The van der Waals surface area contributed by atoms with Gasteiger partial charge in [0.15, 0.2) is 0 Å². The van der Waals surface area contributed by atoms with E-state index in [2.05, 4.69) is 17.1 Å².